The van der Waals surface area contributed by atoms with Crippen LogP contribution in [0.25, 0.3) is 0 Å². The molecule has 0 aromatic heterocycles. The second-order valence-corrected chi connectivity index (χ2v) is 2.92. The minimum atomic E-state index is -0.282. The van der Waals surface area contributed by atoms with E-state index in [1.54, 1.807) is 17.9 Å². The normalized spacial score (nSPS) is 19.3. The van der Waals surface area contributed by atoms with Crippen molar-refractivity contribution in [2.45, 2.75) is 13.0 Å². The average Bonchev–Trinajstić information content (AvgIpc) is 2.19. The molecule has 1 rings (SSSR count). The molecular formula is C9H15NO3. The smallest absolute Gasteiger partial charge is 0.410 e. The van der Waals surface area contributed by atoms with Crippen LogP contribution in [0.4, 0.5) is 4.79 Å². The molecule has 4 heteroatoms. The first-order chi connectivity index (χ1) is 6.24. The summed E-state index contributed by atoms with van der Waals surface area (Å²) in [5.74, 6) is 0. The van der Waals surface area contributed by atoms with Gasteiger partial charge in [-0.3, -0.25) is 0 Å². The second kappa shape index (κ2) is 4.87. The zero-order valence-corrected chi connectivity index (χ0v) is 7.86. The number of morpholine rings is 1. The zero-order chi connectivity index (χ0) is 9.68. The van der Waals surface area contributed by atoms with Crippen molar-refractivity contribution in [3.8, 4) is 0 Å². The number of carbonyl (C=O) groups is 1. The summed E-state index contributed by atoms with van der Waals surface area (Å²) in [7, 11) is 0. The van der Waals surface area contributed by atoms with Crippen LogP contribution in [0.15, 0.2) is 12.7 Å². The Balaban J connectivity index is 2.32. The third-order valence-corrected chi connectivity index (χ3v) is 1.89. The maximum atomic E-state index is 11.4. The molecule has 1 aliphatic heterocycles. The summed E-state index contributed by atoms with van der Waals surface area (Å²) >= 11 is 0. The van der Waals surface area contributed by atoms with Crippen molar-refractivity contribution in [2.24, 2.45) is 0 Å². The molecule has 0 aliphatic carbocycles. The molecule has 0 spiro atoms. The number of hydrogen-bond donors (Lipinski definition) is 0. The van der Waals surface area contributed by atoms with Crippen LogP contribution in [0.2, 0.25) is 0 Å². The van der Waals surface area contributed by atoms with Crippen molar-refractivity contribution in [2.75, 3.05) is 26.3 Å². The van der Waals surface area contributed by atoms with Gasteiger partial charge in [0, 0.05) is 13.1 Å². The van der Waals surface area contributed by atoms with Gasteiger partial charge in [0.1, 0.15) is 6.10 Å². The quantitative estimate of drug-likeness (QED) is 0.603. The van der Waals surface area contributed by atoms with E-state index in [1.807, 2.05) is 0 Å². The predicted octanol–water partition coefficient (Wildman–Crippen LogP) is 1.03. The second-order valence-electron chi connectivity index (χ2n) is 2.92. The van der Waals surface area contributed by atoms with Crippen LogP contribution in [0, 0.1) is 0 Å². The summed E-state index contributed by atoms with van der Waals surface area (Å²) in [6.45, 7) is 7.74. The topological polar surface area (TPSA) is 38.8 Å². The van der Waals surface area contributed by atoms with Gasteiger partial charge in [-0.15, -0.1) is 0 Å². The molecule has 13 heavy (non-hydrogen) atoms. The first kappa shape index (κ1) is 10.1. The number of hydrogen-bond acceptors (Lipinski definition) is 3. The molecular weight excluding hydrogens is 170 g/mol. The van der Waals surface area contributed by atoms with Gasteiger partial charge in [0.2, 0.25) is 0 Å². The molecule has 0 aromatic carbocycles. The van der Waals surface area contributed by atoms with Gasteiger partial charge < -0.3 is 14.4 Å². The Morgan fingerprint density at radius 3 is 2.77 bits per heavy atom. The molecule has 0 unspecified atom stereocenters. The number of nitrogens with zero attached hydrogens (tertiary/aromatic N) is 1. The largest absolute Gasteiger partial charge is 0.442 e. The molecule has 0 radical (unpaired) electrons. The van der Waals surface area contributed by atoms with Crippen LogP contribution < -0.4 is 0 Å². The first-order valence-corrected chi connectivity index (χ1v) is 4.40. The van der Waals surface area contributed by atoms with E-state index in [1.165, 1.54) is 0 Å². The third-order valence-electron chi connectivity index (χ3n) is 1.89. The highest BCUT2D eigenvalue weighted by Gasteiger charge is 2.18. The average molecular weight is 185 g/mol. The lowest BCUT2D eigenvalue weighted by atomic mass is 10.4. The van der Waals surface area contributed by atoms with Gasteiger partial charge in [0.05, 0.1) is 13.2 Å². The van der Waals surface area contributed by atoms with Gasteiger partial charge in [0.25, 0.3) is 0 Å². The third kappa shape index (κ3) is 3.06. The van der Waals surface area contributed by atoms with Crippen LogP contribution in [-0.2, 0) is 9.47 Å². The lowest BCUT2D eigenvalue weighted by Crippen LogP contribution is -2.41. The van der Waals surface area contributed by atoms with E-state index in [2.05, 4.69) is 6.58 Å². The van der Waals surface area contributed by atoms with E-state index in [4.69, 9.17) is 9.47 Å². The van der Waals surface area contributed by atoms with Crippen LogP contribution in [0.5, 0.6) is 0 Å². The first-order valence-electron chi connectivity index (χ1n) is 4.40. The van der Waals surface area contributed by atoms with E-state index in [-0.39, 0.29) is 12.2 Å². The van der Waals surface area contributed by atoms with Crippen LogP contribution in [0.3, 0.4) is 0 Å². The highest BCUT2D eigenvalue weighted by atomic mass is 16.6. The Kier molecular flexibility index (Phi) is 3.76. The molecule has 1 atom stereocenters. The summed E-state index contributed by atoms with van der Waals surface area (Å²) in [5.41, 5.74) is 0. The SMILES string of the molecule is C=C[C@H](C)OC(=O)N1CCOCC1. The fraction of sp³-hybridized carbons (Fsp3) is 0.667. The van der Waals surface area contributed by atoms with E-state index < -0.39 is 0 Å². The molecule has 4 nitrogen and oxygen atoms in total. The minimum Gasteiger partial charge on any atom is -0.442 e. The fourth-order valence-electron chi connectivity index (χ4n) is 1.03. The van der Waals surface area contributed by atoms with Crippen molar-refractivity contribution in [3.05, 3.63) is 12.7 Å². The number of rotatable bonds is 2. The lowest BCUT2D eigenvalue weighted by Gasteiger charge is -2.26. The number of ether oxygens (including phenoxy) is 2. The van der Waals surface area contributed by atoms with E-state index in [9.17, 15) is 4.79 Å². The molecule has 0 aromatic rings. The Bertz CT molecular complexity index is 187. The summed E-state index contributed by atoms with van der Waals surface area (Å²) in [4.78, 5) is 13.0. The summed E-state index contributed by atoms with van der Waals surface area (Å²) in [5, 5.41) is 0. The highest BCUT2D eigenvalue weighted by molar-refractivity contribution is 5.68. The van der Waals surface area contributed by atoms with Crippen molar-refractivity contribution in [1.29, 1.82) is 0 Å². The summed E-state index contributed by atoms with van der Waals surface area (Å²) in [6.07, 6.45) is 1.09. The number of amides is 1. The molecule has 1 saturated heterocycles. The standard InChI is InChI=1S/C9H15NO3/c1-3-8(2)13-9(11)10-4-6-12-7-5-10/h3,8H,1,4-7H2,2H3/t8-/m0/s1. The van der Waals surface area contributed by atoms with Crippen LogP contribution in [0.1, 0.15) is 6.92 Å². The molecule has 1 fully saturated rings. The Morgan fingerprint density at radius 2 is 2.23 bits per heavy atom. The van der Waals surface area contributed by atoms with Gasteiger partial charge in [0.15, 0.2) is 0 Å². The lowest BCUT2D eigenvalue weighted by molar-refractivity contribution is 0.0216. The van der Waals surface area contributed by atoms with Crippen molar-refractivity contribution in [3.63, 3.8) is 0 Å². The highest BCUT2D eigenvalue weighted by Crippen LogP contribution is 2.02. The van der Waals surface area contributed by atoms with E-state index in [0.29, 0.717) is 26.3 Å². The van der Waals surface area contributed by atoms with Gasteiger partial charge in [-0.2, -0.15) is 0 Å². The molecule has 1 amide bonds. The molecule has 0 saturated carbocycles. The van der Waals surface area contributed by atoms with Crippen molar-refractivity contribution < 1.29 is 14.3 Å². The fourth-order valence-corrected chi connectivity index (χ4v) is 1.03. The van der Waals surface area contributed by atoms with E-state index >= 15 is 0 Å². The predicted molar refractivity (Wildman–Crippen MR) is 48.5 cm³/mol. The monoisotopic (exact) mass is 185 g/mol. The maximum absolute atomic E-state index is 11.4. The zero-order valence-electron chi connectivity index (χ0n) is 7.86. The van der Waals surface area contributed by atoms with Crippen LogP contribution >= 0.6 is 0 Å². The van der Waals surface area contributed by atoms with E-state index in [0.717, 1.165) is 0 Å². The molecule has 0 N–H and O–H groups in total. The van der Waals surface area contributed by atoms with Gasteiger partial charge in [-0.1, -0.05) is 12.7 Å². The Hall–Kier alpha value is -1.03. The minimum absolute atomic E-state index is 0.227. The molecule has 0 bridgehead atoms. The van der Waals surface area contributed by atoms with Crippen LogP contribution in [-0.4, -0.2) is 43.4 Å². The van der Waals surface area contributed by atoms with Gasteiger partial charge in [-0.25, -0.2) is 4.79 Å². The number of carbonyl (C=O) groups excluding carboxylic acids is 1. The Morgan fingerprint density at radius 1 is 1.62 bits per heavy atom. The maximum Gasteiger partial charge on any atom is 0.410 e. The molecule has 74 valence electrons. The molecule has 1 heterocycles. The van der Waals surface area contributed by atoms with Gasteiger partial charge in [-0.05, 0) is 6.92 Å². The van der Waals surface area contributed by atoms with Crippen molar-refractivity contribution in [1.82, 2.24) is 4.90 Å². The summed E-state index contributed by atoms with van der Waals surface area (Å²) < 4.78 is 10.2. The van der Waals surface area contributed by atoms with Gasteiger partial charge >= 0.3 is 6.09 Å². The van der Waals surface area contributed by atoms with Crippen molar-refractivity contribution >= 4 is 6.09 Å². The summed E-state index contributed by atoms with van der Waals surface area (Å²) in [6, 6.07) is 0. The molecule has 1 aliphatic rings. The Labute approximate surface area is 78.1 Å².